The molecule has 0 atom stereocenters. The predicted molar refractivity (Wildman–Crippen MR) is 67.4 cm³/mol. The minimum Gasteiger partial charge on any atom is -0.354 e. The van der Waals surface area contributed by atoms with Crippen LogP contribution in [0, 0.1) is 10.1 Å². The highest BCUT2D eigenvalue weighted by molar-refractivity contribution is 6.29. The summed E-state index contributed by atoms with van der Waals surface area (Å²) < 4.78 is 0. The van der Waals surface area contributed by atoms with Crippen LogP contribution in [0.3, 0.4) is 0 Å². The fraction of sp³-hybridized carbons (Fsp3) is 0.364. The van der Waals surface area contributed by atoms with Crippen molar-refractivity contribution in [3.05, 3.63) is 51.2 Å². The predicted octanol–water partition coefficient (Wildman–Crippen LogP) is 1.56. The van der Waals surface area contributed by atoms with Crippen molar-refractivity contribution in [2.75, 3.05) is 20.1 Å². The number of pyridine rings is 1. The van der Waals surface area contributed by atoms with Crippen LogP contribution in [0.4, 0.5) is 0 Å². The third-order valence-electron chi connectivity index (χ3n) is 2.80. The Morgan fingerprint density at radius 3 is 2.94 bits per heavy atom. The van der Waals surface area contributed by atoms with Crippen LogP contribution in [0.5, 0.6) is 0 Å². The van der Waals surface area contributed by atoms with Gasteiger partial charge in [-0.2, -0.15) is 0 Å². The average Bonchev–Trinajstić information content (AvgIpc) is 2.64. The van der Waals surface area contributed by atoms with Gasteiger partial charge in [0, 0.05) is 32.9 Å². The minimum absolute atomic E-state index is 0.426. The second kappa shape index (κ2) is 5.22. The van der Waals surface area contributed by atoms with Crippen molar-refractivity contribution in [3.8, 4) is 0 Å². The highest BCUT2D eigenvalue weighted by Gasteiger charge is 2.24. The van der Waals surface area contributed by atoms with Crippen molar-refractivity contribution in [3.63, 3.8) is 0 Å². The molecular formula is C11H13ClN4O2. The number of aromatic nitrogens is 1. The van der Waals surface area contributed by atoms with E-state index in [9.17, 15) is 10.1 Å². The van der Waals surface area contributed by atoms with Crippen LogP contribution in [-0.4, -0.2) is 39.8 Å². The Morgan fingerprint density at radius 1 is 1.56 bits per heavy atom. The number of hydrogen-bond donors (Lipinski definition) is 0. The fourth-order valence-electron chi connectivity index (χ4n) is 1.90. The monoisotopic (exact) mass is 268 g/mol. The van der Waals surface area contributed by atoms with Crippen molar-refractivity contribution >= 4 is 11.6 Å². The van der Waals surface area contributed by atoms with Crippen LogP contribution in [-0.2, 0) is 6.54 Å². The number of likely N-dealkylation sites (N-methyl/N-ethyl adjacent to an activating group) is 1. The summed E-state index contributed by atoms with van der Waals surface area (Å²) in [6, 6.07) is 3.59. The molecule has 6 nitrogen and oxygen atoms in total. The SMILES string of the molecule is CN1CCN(Cc2ccc(Cl)nc2)/C1=C\[N+](=O)[O-]. The smallest absolute Gasteiger partial charge is 0.274 e. The van der Waals surface area contributed by atoms with Gasteiger partial charge < -0.3 is 9.80 Å². The summed E-state index contributed by atoms with van der Waals surface area (Å²) in [5, 5.41) is 11.0. The van der Waals surface area contributed by atoms with Gasteiger partial charge in [-0.15, -0.1) is 0 Å². The van der Waals surface area contributed by atoms with Gasteiger partial charge in [-0.3, -0.25) is 10.1 Å². The van der Waals surface area contributed by atoms with Crippen molar-refractivity contribution < 1.29 is 4.92 Å². The molecule has 1 aliphatic rings. The Hall–Kier alpha value is -1.82. The lowest BCUT2D eigenvalue weighted by Gasteiger charge is -2.19. The van der Waals surface area contributed by atoms with E-state index in [2.05, 4.69) is 4.98 Å². The van der Waals surface area contributed by atoms with Gasteiger partial charge in [0.1, 0.15) is 5.15 Å². The van der Waals surface area contributed by atoms with E-state index in [1.54, 1.807) is 12.3 Å². The van der Waals surface area contributed by atoms with Gasteiger partial charge in [-0.05, 0) is 11.6 Å². The Labute approximate surface area is 110 Å². The van der Waals surface area contributed by atoms with Gasteiger partial charge >= 0.3 is 0 Å². The maximum absolute atomic E-state index is 10.6. The number of nitrogens with zero attached hydrogens (tertiary/aromatic N) is 4. The van der Waals surface area contributed by atoms with Crippen molar-refractivity contribution in [2.45, 2.75) is 6.54 Å². The maximum Gasteiger partial charge on any atom is 0.274 e. The topological polar surface area (TPSA) is 62.5 Å². The molecule has 0 unspecified atom stereocenters. The molecule has 0 spiro atoms. The second-order valence-corrected chi connectivity index (χ2v) is 4.49. The lowest BCUT2D eigenvalue weighted by molar-refractivity contribution is -0.405. The first-order chi connectivity index (χ1) is 8.56. The maximum atomic E-state index is 10.6. The molecule has 2 heterocycles. The average molecular weight is 269 g/mol. The zero-order valence-corrected chi connectivity index (χ0v) is 10.7. The first-order valence-electron chi connectivity index (χ1n) is 5.48. The molecule has 96 valence electrons. The quantitative estimate of drug-likeness (QED) is 0.473. The van der Waals surface area contributed by atoms with E-state index in [0.29, 0.717) is 17.5 Å². The first-order valence-corrected chi connectivity index (χ1v) is 5.86. The first kappa shape index (κ1) is 12.6. The number of halogens is 1. The standard InChI is InChI=1S/C11H13ClN4O2/c1-14-4-5-15(11(14)8-16(17)18)7-9-2-3-10(12)13-6-9/h2-3,6,8H,4-5,7H2,1H3/b11-8-. The molecule has 1 aliphatic heterocycles. The Bertz CT molecular complexity index is 474. The van der Waals surface area contributed by atoms with Crippen LogP contribution in [0.25, 0.3) is 0 Å². The van der Waals surface area contributed by atoms with E-state index in [1.807, 2.05) is 22.9 Å². The van der Waals surface area contributed by atoms with E-state index in [1.165, 1.54) is 0 Å². The molecule has 0 aliphatic carbocycles. The normalized spacial score (nSPS) is 17.6. The molecule has 0 radical (unpaired) electrons. The van der Waals surface area contributed by atoms with Gasteiger partial charge in [-0.25, -0.2) is 4.98 Å². The lowest BCUT2D eigenvalue weighted by Crippen LogP contribution is -2.21. The van der Waals surface area contributed by atoms with E-state index in [4.69, 9.17) is 11.6 Å². The van der Waals surface area contributed by atoms with Gasteiger partial charge in [0.15, 0.2) is 5.82 Å². The molecule has 0 N–H and O–H groups in total. The number of nitro groups is 1. The van der Waals surface area contributed by atoms with Crippen molar-refractivity contribution in [1.82, 2.24) is 14.8 Å². The molecule has 7 heteroatoms. The van der Waals surface area contributed by atoms with E-state index in [-0.39, 0.29) is 0 Å². The highest BCUT2D eigenvalue weighted by atomic mass is 35.5. The zero-order chi connectivity index (χ0) is 13.1. The highest BCUT2D eigenvalue weighted by Crippen LogP contribution is 2.19. The largest absolute Gasteiger partial charge is 0.354 e. The van der Waals surface area contributed by atoms with Crippen molar-refractivity contribution in [2.24, 2.45) is 0 Å². The molecule has 1 aromatic rings. The van der Waals surface area contributed by atoms with Crippen LogP contribution < -0.4 is 0 Å². The van der Waals surface area contributed by atoms with E-state index in [0.717, 1.165) is 24.9 Å². The summed E-state index contributed by atoms with van der Waals surface area (Å²) >= 11 is 5.72. The van der Waals surface area contributed by atoms with Crippen LogP contribution in [0.15, 0.2) is 30.4 Å². The molecule has 0 saturated carbocycles. The summed E-state index contributed by atoms with van der Waals surface area (Å²) in [5.74, 6) is 0.620. The molecule has 1 aromatic heterocycles. The lowest BCUT2D eigenvalue weighted by atomic mass is 10.2. The Balaban J connectivity index is 2.13. The number of hydrogen-bond acceptors (Lipinski definition) is 5. The molecule has 18 heavy (non-hydrogen) atoms. The summed E-state index contributed by atoms with van der Waals surface area (Å²) in [5.41, 5.74) is 0.976. The summed E-state index contributed by atoms with van der Waals surface area (Å²) in [4.78, 5) is 18.0. The third-order valence-corrected chi connectivity index (χ3v) is 3.03. The molecule has 1 saturated heterocycles. The molecule has 1 fully saturated rings. The van der Waals surface area contributed by atoms with Crippen LogP contribution in [0.1, 0.15) is 5.56 Å². The molecular weight excluding hydrogens is 256 g/mol. The van der Waals surface area contributed by atoms with E-state index >= 15 is 0 Å². The third kappa shape index (κ3) is 2.89. The Kier molecular flexibility index (Phi) is 3.66. The second-order valence-electron chi connectivity index (χ2n) is 4.10. The molecule has 2 rings (SSSR count). The molecule has 0 bridgehead atoms. The summed E-state index contributed by atoms with van der Waals surface area (Å²) in [6.45, 7) is 2.13. The van der Waals surface area contributed by atoms with Gasteiger partial charge in [0.05, 0.1) is 4.92 Å². The van der Waals surface area contributed by atoms with E-state index < -0.39 is 4.92 Å². The van der Waals surface area contributed by atoms with Crippen LogP contribution >= 0.6 is 11.6 Å². The molecule has 0 aromatic carbocycles. The fourth-order valence-corrected chi connectivity index (χ4v) is 2.01. The van der Waals surface area contributed by atoms with Crippen molar-refractivity contribution in [1.29, 1.82) is 0 Å². The summed E-state index contributed by atoms with van der Waals surface area (Å²) in [7, 11) is 1.84. The van der Waals surface area contributed by atoms with Gasteiger partial charge in [-0.1, -0.05) is 17.7 Å². The molecule has 0 amide bonds. The van der Waals surface area contributed by atoms with Crippen LogP contribution in [0.2, 0.25) is 5.15 Å². The number of rotatable bonds is 3. The summed E-state index contributed by atoms with van der Waals surface area (Å²) in [6.07, 6.45) is 2.72. The minimum atomic E-state index is -0.426. The van der Waals surface area contributed by atoms with Gasteiger partial charge in [0.2, 0.25) is 0 Å². The Morgan fingerprint density at radius 2 is 2.33 bits per heavy atom. The van der Waals surface area contributed by atoms with Gasteiger partial charge in [0.25, 0.3) is 6.20 Å². The zero-order valence-electron chi connectivity index (χ0n) is 9.91.